The highest BCUT2D eigenvalue weighted by Gasteiger charge is 2.25. The van der Waals surface area contributed by atoms with E-state index in [0.717, 1.165) is 18.6 Å². The fraction of sp³-hybridized carbons (Fsp3) is 0.533. The summed E-state index contributed by atoms with van der Waals surface area (Å²) in [4.78, 5) is 6.89. The van der Waals surface area contributed by atoms with Crippen LogP contribution in [0.2, 0.25) is 0 Å². The van der Waals surface area contributed by atoms with Crippen molar-refractivity contribution in [1.82, 2.24) is 10.3 Å². The molecule has 3 nitrogen and oxygen atoms in total. The number of nitrogens with one attached hydrogen (secondary N) is 1. The van der Waals surface area contributed by atoms with Crippen LogP contribution in [0.5, 0.6) is 0 Å². The molecule has 3 rings (SSSR count). The van der Waals surface area contributed by atoms with Gasteiger partial charge >= 0.3 is 0 Å². The average molecular weight is 275 g/mol. The smallest absolute Gasteiger partial charge is 0.0813 e. The molecule has 4 heteroatoms. The van der Waals surface area contributed by atoms with Gasteiger partial charge in [0.1, 0.15) is 0 Å². The highest BCUT2D eigenvalue weighted by Crippen LogP contribution is 2.29. The summed E-state index contributed by atoms with van der Waals surface area (Å²) in [7, 11) is 0. The molecule has 0 spiro atoms. The zero-order valence-corrected chi connectivity index (χ0v) is 12.4. The summed E-state index contributed by atoms with van der Waals surface area (Å²) in [5.41, 5.74) is 4.39. The van der Waals surface area contributed by atoms with Crippen LogP contribution in [-0.2, 0) is 0 Å². The number of hydrogen-bond acceptors (Lipinski definition) is 4. The molecule has 1 aliphatic heterocycles. The molecular formula is C15H21N3S. The van der Waals surface area contributed by atoms with Crippen LogP contribution >= 0.6 is 11.3 Å². The average Bonchev–Trinajstić information content (AvgIpc) is 2.86. The lowest BCUT2D eigenvalue weighted by molar-refractivity contribution is 0.374. The Morgan fingerprint density at radius 3 is 3.16 bits per heavy atom. The van der Waals surface area contributed by atoms with Crippen molar-refractivity contribution in [3.63, 3.8) is 0 Å². The molecule has 1 aliphatic rings. The summed E-state index contributed by atoms with van der Waals surface area (Å²) < 4.78 is 1.29. The minimum absolute atomic E-state index is 0.600. The Balaban J connectivity index is 1.78. The predicted octanol–water partition coefficient (Wildman–Crippen LogP) is 3.26. The molecule has 1 saturated heterocycles. The molecule has 0 bridgehead atoms. The largest absolute Gasteiger partial charge is 0.369 e. The SMILES string of the molecule is CCNC1CCN(c2ccc3ncsc3c2)C(C)C1. The fourth-order valence-corrected chi connectivity index (χ4v) is 3.76. The maximum absolute atomic E-state index is 4.35. The third-order valence-electron chi connectivity index (χ3n) is 4.02. The second-order valence-electron chi connectivity index (χ2n) is 5.33. The lowest BCUT2D eigenvalue weighted by Gasteiger charge is -2.39. The third kappa shape index (κ3) is 2.60. The van der Waals surface area contributed by atoms with Crippen LogP contribution in [0.25, 0.3) is 10.2 Å². The lowest BCUT2D eigenvalue weighted by atomic mass is 9.97. The van der Waals surface area contributed by atoms with E-state index in [0.29, 0.717) is 12.1 Å². The first kappa shape index (κ1) is 12.9. The van der Waals surface area contributed by atoms with E-state index in [9.17, 15) is 0 Å². The first-order chi connectivity index (χ1) is 9.28. The monoisotopic (exact) mass is 275 g/mol. The summed E-state index contributed by atoms with van der Waals surface area (Å²) in [5.74, 6) is 0. The molecule has 1 aromatic carbocycles. The van der Waals surface area contributed by atoms with Crippen molar-refractivity contribution in [2.24, 2.45) is 0 Å². The fourth-order valence-electron chi connectivity index (χ4n) is 3.05. The van der Waals surface area contributed by atoms with E-state index in [4.69, 9.17) is 0 Å². The maximum Gasteiger partial charge on any atom is 0.0813 e. The number of piperidine rings is 1. The Hall–Kier alpha value is -1.13. The van der Waals surface area contributed by atoms with Crippen molar-refractivity contribution >= 4 is 27.2 Å². The number of anilines is 1. The number of fused-ring (bicyclic) bond motifs is 1. The molecular weight excluding hydrogens is 254 g/mol. The summed E-state index contributed by atoms with van der Waals surface area (Å²) in [6.07, 6.45) is 2.47. The van der Waals surface area contributed by atoms with Crippen LogP contribution in [0.4, 0.5) is 5.69 Å². The molecule has 0 amide bonds. The summed E-state index contributed by atoms with van der Waals surface area (Å²) in [5, 5.41) is 3.58. The van der Waals surface area contributed by atoms with Gasteiger partial charge in [-0.25, -0.2) is 4.98 Å². The first-order valence-corrected chi connectivity index (χ1v) is 7.99. The molecule has 0 aliphatic carbocycles. The Bertz CT molecular complexity index is 551. The standard InChI is InChI=1S/C15H21N3S/c1-3-16-12-6-7-18(11(2)8-12)13-4-5-14-15(9-13)19-10-17-14/h4-5,9-12,16H,3,6-8H2,1-2H3. The molecule has 1 N–H and O–H groups in total. The molecule has 2 aromatic rings. The minimum atomic E-state index is 0.600. The van der Waals surface area contributed by atoms with Gasteiger partial charge in [0.05, 0.1) is 15.7 Å². The zero-order chi connectivity index (χ0) is 13.2. The van der Waals surface area contributed by atoms with Crippen molar-refractivity contribution in [1.29, 1.82) is 0 Å². The molecule has 2 unspecified atom stereocenters. The van der Waals surface area contributed by atoms with E-state index in [2.05, 4.69) is 47.2 Å². The number of hydrogen-bond donors (Lipinski definition) is 1. The second kappa shape index (κ2) is 5.47. The predicted molar refractivity (Wildman–Crippen MR) is 83.1 cm³/mol. The van der Waals surface area contributed by atoms with Crippen molar-refractivity contribution in [3.05, 3.63) is 23.7 Å². The number of rotatable bonds is 3. The van der Waals surface area contributed by atoms with Gasteiger partial charge in [-0.2, -0.15) is 0 Å². The van der Waals surface area contributed by atoms with Gasteiger partial charge in [-0.05, 0) is 44.5 Å². The number of benzene rings is 1. The summed E-state index contributed by atoms with van der Waals surface area (Å²) >= 11 is 1.73. The Kier molecular flexibility index (Phi) is 3.71. The van der Waals surface area contributed by atoms with Crippen LogP contribution in [0.1, 0.15) is 26.7 Å². The molecule has 0 radical (unpaired) electrons. The van der Waals surface area contributed by atoms with Crippen LogP contribution < -0.4 is 10.2 Å². The summed E-state index contributed by atoms with van der Waals surface area (Å²) in [6, 6.07) is 7.93. The van der Waals surface area contributed by atoms with Crippen molar-refractivity contribution in [3.8, 4) is 0 Å². The number of aromatic nitrogens is 1. The molecule has 0 saturated carbocycles. The van der Waals surface area contributed by atoms with Gasteiger partial charge < -0.3 is 10.2 Å². The maximum atomic E-state index is 4.35. The van der Waals surface area contributed by atoms with Gasteiger partial charge in [0, 0.05) is 24.3 Å². The minimum Gasteiger partial charge on any atom is -0.369 e. The van der Waals surface area contributed by atoms with Crippen molar-refractivity contribution < 1.29 is 0 Å². The number of nitrogens with zero attached hydrogens (tertiary/aromatic N) is 2. The van der Waals surface area contributed by atoms with E-state index in [1.807, 2.05) is 5.51 Å². The van der Waals surface area contributed by atoms with Crippen LogP contribution in [0.15, 0.2) is 23.7 Å². The Morgan fingerprint density at radius 1 is 1.47 bits per heavy atom. The second-order valence-corrected chi connectivity index (χ2v) is 6.21. The summed E-state index contributed by atoms with van der Waals surface area (Å²) in [6.45, 7) is 6.74. The molecule has 1 aromatic heterocycles. The highest BCUT2D eigenvalue weighted by atomic mass is 32.1. The van der Waals surface area contributed by atoms with E-state index >= 15 is 0 Å². The molecule has 102 valence electrons. The lowest BCUT2D eigenvalue weighted by Crippen LogP contribution is -2.47. The van der Waals surface area contributed by atoms with Gasteiger partial charge in [0.15, 0.2) is 0 Å². The van der Waals surface area contributed by atoms with Crippen molar-refractivity contribution in [2.75, 3.05) is 18.0 Å². The first-order valence-electron chi connectivity index (χ1n) is 7.11. The molecule has 2 atom stereocenters. The van der Waals surface area contributed by atoms with E-state index in [1.165, 1.54) is 23.2 Å². The van der Waals surface area contributed by atoms with Gasteiger partial charge in [-0.1, -0.05) is 6.92 Å². The van der Waals surface area contributed by atoms with Crippen LogP contribution in [0, 0.1) is 0 Å². The van der Waals surface area contributed by atoms with Crippen LogP contribution in [-0.4, -0.2) is 30.2 Å². The normalized spacial score (nSPS) is 24.0. The molecule has 2 heterocycles. The quantitative estimate of drug-likeness (QED) is 0.932. The van der Waals surface area contributed by atoms with Gasteiger partial charge in [0.2, 0.25) is 0 Å². The van der Waals surface area contributed by atoms with Gasteiger partial charge in [0.25, 0.3) is 0 Å². The zero-order valence-electron chi connectivity index (χ0n) is 11.6. The molecule has 1 fully saturated rings. The Morgan fingerprint density at radius 2 is 2.37 bits per heavy atom. The van der Waals surface area contributed by atoms with Gasteiger partial charge in [-0.3, -0.25) is 0 Å². The third-order valence-corrected chi connectivity index (χ3v) is 4.81. The van der Waals surface area contributed by atoms with E-state index in [1.54, 1.807) is 11.3 Å². The van der Waals surface area contributed by atoms with Crippen LogP contribution in [0.3, 0.4) is 0 Å². The topological polar surface area (TPSA) is 28.2 Å². The number of thiazole rings is 1. The van der Waals surface area contributed by atoms with Crippen molar-refractivity contribution in [2.45, 2.75) is 38.8 Å². The van der Waals surface area contributed by atoms with Gasteiger partial charge in [-0.15, -0.1) is 11.3 Å². The molecule has 19 heavy (non-hydrogen) atoms. The Labute approximate surface area is 118 Å². The van der Waals surface area contributed by atoms with E-state index < -0.39 is 0 Å². The van der Waals surface area contributed by atoms with E-state index in [-0.39, 0.29) is 0 Å². The highest BCUT2D eigenvalue weighted by molar-refractivity contribution is 7.16.